The molecule has 1 aliphatic carbocycles. The molecule has 0 saturated carbocycles. The zero-order valence-electron chi connectivity index (χ0n) is 15.9. The largest absolute Gasteiger partial charge is 1.00 e. The number of amides is 1. The first-order chi connectivity index (χ1) is 10.7. The predicted molar refractivity (Wildman–Crippen MR) is 97.9 cm³/mol. The number of rotatable bonds is 4. The standard InChI is InChI=1S/C11H15NO.C6H7.C2H7Si.2ClH.Zr/c1-11(2,3)9-7-5-4-6-8(9)10(12)13;1-6-4-2-3-5-6;1-3-2;;;/h4-7H,1-3H3,(H2,12,13);4-5H,2H2,1H3;3H,1-2H3;2*1H;/q;;;;;+3/p-3. The van der Waals surface area contributed by atoms with E-state index in [0.717, 1.165) is 17.5 Å². The van der Waals surface area contributed by atoms with Gasteiger partial charge in [0, 0.05) is 0 Å². The topological polar surface area (TPSA) is 29.1 Å². The Kier molecular flexibility index (Phi) is 10.2. The van der Waals surface area contributed by atoms with Crippen molar-refractivity contribution in [2.45, 2.75) is 52.6 Å². The van der Waals surface area contributed by atoms with Crippen molar-refractivity contribution in [3.8, 4) is 0 Å². The smallest absolute Gasteiger partial charge is 1.00 e. The van der Waals surface area contributed by atoms with Gasteiger partial charge in [0.2, 0.25) is 0 Å². The van der Waals surface area contributed by atoms with E-state index in [2.05, 4.69) is 62.3 Å². The van der Waals surface area contributed by atoms with E-state index in [0.29, 0.717) is 0 Å². The minimum absolute atomic E-state index is 0. The van der Waals surface area contributed by atoms with Gasteiger partial charge in [-0.15, -0.1) is 0 Å². The summed E-state index contributed by atoms with van der Waals surface area (Å²) in [6.45, 7) is 13.4. The quantitative estimate of drug-likeness (QED) is 0.526. The monoisotopic (exact) mass is 474 g/mol. The third-order valence-electron chi connectivity index (χ3n) is 4.20. The Morgan fingerprint density at radius 2 is 1.76 bits per heavy atom. The molecule has 0 fully saturated rings. The first-order valence-electron chi connectivity index (χ1n) is 8.35. The molecular weight excluding hydrogens is 448 g/mol. The molecule has 1 aromatic carbocycles. The summed E-state index contributed by atoms with van der Waals surface area (Å²) in [4.78, 5) is 13.0. The molecule has 1 N–H and O–H groups in total. The van der Waals surface area contributed by atoms with E-state index in [1.165, 1.54) is 5.57 Å². The molecule has 0 aliphatic heterocycles. The number of carbonyl (C=O) groups is 1. The molecule has 1 aliphatic rings. The summed E-state index contributed by atoms with van der Waals surface area (Å²) in [7, 11) is 0. The number of hydrogen-bond donors (Lipinski definition) is 1. The van der Waals surface area contributed by atoms with Crippen LogP contribution in [0.2, 0.25) is 13.1 Å². The molecule has 0 unspecified atom stereocenters. The fraction of sp³-hybridized carbons (Fsp3) is 0.421. The van der Waals surface area contributed by atoms with Gasteiger partial charge in [-0.1, -0.05) is 0 Å². The van der Waals surface area contributed by atoms with Crippen molar-refractivity contribution >= 4 is 11.8 Å². The minimum atomic E-state index is -2.01. The van der Waals surface area contributed by atoms with Crippen molar-refractivity contribution in [2.75, 3.05) is 0 Å². The SMILES string of the molecule is CC1=CC[C]([Zr+2]([NH]C(=O)c2ccccc2C(C)(C)C)[SiH](C)C)=C1.[Cl-].[Cl-]. The summed E-state index contributed by atoms with van der Waals surface area (Å²) in [6, 6.07) is 8.07. The molecule has 0 heterocycles. The van der Waals surface area contributed by atoms with Gasteiger partial charge in [-0.25, -0.2) is 0 Å². The molecule has 137 valence electrons. The number of allylic oxidation sites excluding steroid dienone is 4. The van der Waals surface area contributed by atoms with Crippen LogP contribution in [0.3, 0.4) is 0 Å². The zero-order chi connectivity index (χ0) is 17.2. The van der Waals surface area contributed by atoms with Crippen LogP contribution in [0.5, 0.6) is 0 Å². The zero-order valence-corrected chi connectivity index (χ0v) is 21.0. The number of nitrogens with one attached hydrogen (secondary N) is 1. The Bertz CT molecular complexity index is 666. The average Bonchev–Trinajstić information content (AvgIpc) is 2.89. The Morgan fingerprint density at radius 3 is 2.24 bits per heavy atom. The molecule has 0 radical (unpaired) electrons. The molecule has 0 saturated heterocycles. The van der Waals surface area contributed by atoms with Crippen molar-refractivity contribution in [1.82, 2.24) is 3.26 Å². The second-order valence-corrected chi connectivity index (χ2v) is 26.1. The Hall–Kier alpha value is -0.150. The van der Waals surface area contributed by atoms with E-state index in [1.54, 1.807) is 3.28 Å². The first kappa shape index (κ1) is 24.8. The number of halogens is 2. The molecular formula is C19H28Cl2NOSiZr. The van der Waals surface area contributed by atoms with E-state index >= 15 is 0 Å². The van der Waals surface area contributed by atoms with Crippen LogP contribution in [0.15, 0.2) is 45.3 Å². The summed E-state index contributed by atoms with van der Waals surface area (Å²) in [5.41, 5.74) is 3.34. The van der Waals surface area contributed by atoms with Crippen LogP contribution in [0.25, 0.3) is 0 Å². The van der Waals surface area contributed by atoms with Crippen LogP contribution in [0.1, 0.15) is 50.0 Å². The summed E-state index contributed by atoms with van der Waals surface area (Å²) in [6.07, 6.45) is 5.69. The van der Waals surface area contributed by atoms with Gasteiger partial charge in [0.05, 0.1) is 0 Å². The molecule has 0 aromatic heterocycles. The molecule has 25 heavy (non-hydrogen) atoms. The maximum atomic E-state index is 13.0. The van der Waals surface area contributed by atoms with Gasteiger partial charge in [0.1, 0.15) is 0 Å². The number of hydrogen-bond acceptors (Lipinski definition) is 1. The van der Waals surface area contributed by atoms with Gasteiger partial charge in [0.15, 0.2) is 0 Å². The molecule has 0 atom stereocenters. The summed E-state index contributed by atoms with van der Waals surface area (Å²) in [5.74, 6) is -0.691. The van der Waals surface area contributed by atoms with Crippen LogP contribution in [0.4, 0.5) is 0 Å². The van der Waals surface area contributed by atoms with Gasteiger partial charge in [-0.05, 0) is 0 Å². The van der Waals surface area contributed by atoms with Crippen molar-refractivity contribution in [1.29, 1.82) is 0 Å². The number of benzene rings is 1. The third kappa shape index (κ3) is 6.50. The Labute approximate surface area is 174 Å². The fourth-order valence-electron chi connectivity index (χ4n) is 2.97. The Balaban J connectivity index is 0.00000288. The van der Waals surface area contributed by atoms with Crippen LogP contribution in [-0.2, 0) is 26.6 Å². The maximum Gasteiger partial charge on any atom is -1.00 e. The van der Waals surface area contributed by atoms with E-state index < -0.39 is 27.1 Å². The average molecular weight is 477 g/mol. The summed E-state index contributed by atoms with van der Waals surface area (Å²) < 4.78 is 5.09. The van der Waals surface area contributed by atoms with Crippen molar-refractivity contribution in [3.63, 3.8) is 0 Å². The summed E-state index contributed by atoms with van der Waals surface area (Å²) >= 11 is -2.01. The van der Waals surface area contributed by atoms with Crippen molar-refractivity contribution in [2.24, 2.45) is 0 Å². The van der Waals surface area contributed by atoms with Gasteiger partial charge in [-0.3, -0.25) is 0 Å². The second kappa shape index (κ2) is 10.3. The molecule has 1 aromatic rings. The van der Waals surface area contributed by atoms with E-state index in [-0.39, 0.29) is 36.1 Å². The third-order valence-corrected chi connectivity index (χ3v) is 20.7. The van der Waals surface area contributed by atoms with E-state index in [9.17, 15) is 4.79 Å². The predicted octanol–water partition coefficient (Wildman–Crippen LogP) is -1.53. The van der Waals surface area contributed by atoms with Crippen LogP contribution < -0.4 is 28.1 Å². The van der Waals surface area contributed by atoms with Crippen LogP contribution in [0, 0.1) is 0 Å². The van der Waals surface area contributed by atoms with E-state index in [4.69, 9.17) is 0 Å². The van der Waals surface area contributed by atoms with Crippen LogP contribution >= 0.6 is 0 Å². The molecule has 0 spiro atoms. The summed E-state index contributed by atoms with van der Waals surface area (Å²) in [5, 5.41) is 0. The fourth-order valence-corrected chi connectivity index (χ4v) is 16.6. The molecule has 2 rings (SSSR count). The van der Waals surface area contributed by atoms with Gasteiger partial charge < -0.3 is 24.8 Å². The molecule has 0 bridgehead atoms. The normalized spacial score (nSPS) is 13.4. The van der Waals surface area contributed by atoms with Gasteiger partial charge >= 0.3 is 150 Å². The van der Waals surface area contributed by atoms with Crippen molar-refractivity contribution in [3.05, 3.63) is 56.4 Å². The molecule has 1 amide bonds. The van der Waals surface area contributed by atoms with Crippen LogP contribution in [-0.4, -0.2) is 11.8 Å². The molecule has 2 nitrogen and oxygen atoms in total. The van der Waals surface area contributed by atoms with Crippen molar-refractivity contribution < 1.29 is 50.8 Å². The number of carbonyl (C=O) groups excluding carboxylic acids is 1. The molecule has 6 heteroatoms. The van der Waals surface area contributed by atoms with E-state index in [1.807, 2.05) is 18.2 Å². The minimum Gasteiger partial charge on any atom is -1.00 e. The Morgan fingerprint density at radius 1 is 1.16 bits per heavy atom. The second-order valence-electron chi connectivity index (χ2n) is 7.64. The maximum absolute atomic E-state index is 13.0. The van der Waals surface area contributed by atoms with Gasteiger partial charge in [-0.2, -0.15) is 0 Å². The first-order valence-corrected chi connectivity index (χ1v) is 18.0. The van der Waals surface area contributed by atoms with Gasteiger partial charge in [0.25, 0.3) is 0 Å².